The Hall–Kier alpha value is -1.79. The van der Waals surface area contributed by atoms with Gasteiger partial charge in [0.05, 0.1) is 4.88 Å². The van der Waals surface area contributed by atoms with Crippen LogP contribution in [0.1, 0.15) is 54.6 Å². The Labute approximate surface area is 130 Å². The minimum atomic E-state index is -0.895. The number of thiophene rings is 1. The lowest BCUT2D eigenvalue weighted by Gasteiger charge is -2.32. The number of rotatable bonds is 2. The van der Waals surface area contributed by atoms with Crippen molar-refractivity contribution < 1.29 is 9.90 Å². The molecular formula is C18H20O2S. The van der Waals surface area contributed by atoms with Crippen molar-refractivity contribution in [3.8, 4) is 11.8 Å². The molecule has 110 valence electrons. The molecule has 3 heteroatoms. The summed E-state index contributed by atoms with van der Waals surface area (Å²) in [6.07, 6.45) is 7.64. The molecule has 0 radical (unpaired) electrons. The number of hydrogen-bond donors (Lipinski definition) is 1. The van der Waals surface area contributed by atoms with Crippen molar-refractivity contribution in [3.05, 3.63) is 45.2 Å². The number of carboxylic acids is 1. The molecule has 2 nitrogen and oxygen atoms in total. The highest BCUT2D eigenvalue weighted by atomic mass is 32.1. The van der Waals surface area contributed by atoms with Crippen LogP contribution >= 0.6 is 11.3 Å². The Bertz CT molecular complexity index is 663. The SMILES string of the molecule is CC1=C(C=CC#Cc2ccc(C(=O)O)s2)C(C)(C)CCC1. The normalized spacial score (nSPS) is 17.7. The first kappa shape index (κ1) is 15.6. The third kappa shape index (κ3) is 3.86. The maximum absolute atomic E-state index is 10.8. The number of carboxylic acid groups (broad SMARTS) is 1. The Kier molecular flexibility index (Phi) is 4.69. The lowest BCUT2D eigenvalue weighted by atomic mass is 9.73. The van der Waals surface area contributed by atoms with Gasteiger partial charge in [-0.1, -0.05) is 37.3 Å². The second-order valence-corrected chi connectivity index (χ2v) is 7.09. The zero-order valence-corrected chi connectivity index (χ0v) is 13.5. The fraction of sp³-hybridized carbons (Fsp3) is 0.389. The molecule has 0 bridgehead atoms. The van der Waals surface area contributed by atoms with Crippen molar-refractivity contribution in [1.82, 2.24) is 0 Å². The van der Waals surface area contributed by atoms with E-state index in [-0.39, 0.29) is 5.41 Å². The number of allylic oxidation sites excluding steroid dienone is 4. The van der Waals surface area contributed by atoms with E-state index in [4.69, 9.17) is 5.11 Å². The molecule has 1 N–H and O–H groups in total. The van der Waals surface area contributed by atoms with Crippen molar-refractivity contribution in [2.24, 2.45) is 5.41 Å². The maximum Gasteiger partial charge on any atom is 0.345 e. The van der Waals surface area contributed by atoms with Gasteiger partial charge in [0, 0.05) is 0 Å². The summed E-state index contributed by atoms with van der Waals surface area (Å²) in [5, 5.41) is 8.87. The zero-order valence-electron chi connectivity index (χ0n) is 12.7. The van der Waals surface area contributed by atoms with E-state index in [1.807, 2.05) is 6.08 Å². The molecule has 0 fully saturated rings. The lowest BCUT2D eigenvalue weighted by Crippen LogP contribution is -2.18. The maximum atomic E-state index is 10.8. The topological polar surface area (TPSA) is 37.3 Å². The van der Waals surface area contributed by atoms with Gasteiger partial charge in [0.2, 0.25) is 0 Å². The second kappa shape index (κ2) is 6.32. The molecule has 0 aromatic carbocycles. The van der Waals surface area contributed by atoms with E-state index in [1.165, 1.54) is 41.7 Å². The van der Waals surface area contributed by atoms with Crippen LogP contribution < -0.4 is 0 Å². The fourth-order valence-corrected chi connectivity index (χ4v) is 3.47. The Morgan fingerprint density at radius 1 is 1.43 bits per heavy atom. The average Bonchev–Trinajstić information content (AvgIpc) is 2.85. The van der Waals surface area contributed by atoms with Crippen molar-refractivity contribution in [2.45, 2.75) is 40.0 Å². The minimum absolute atomic E-state index is 0.222. The number of aromatic carboxylic acids is 1. The van der Waals surface area contributed by atoms with Crippen LogP contribution in [0.15, 0.2) is 35.4 Å². The summed E-state index contributed by atoms with van der Waals surface area (Å²) >= 11 is 1.21. The summed E-state index contributed by atoms with van der Waals surface area (Å²) in [6.45, 7) is 6.76. The van der Waals surface area contributed by atoms with Gasteiger partial charge in [-0.2, -0.15) is 0 Å². The molecule has 0 atom stereocenters. The monoisotopic (exact) mass is 300 g/mol. The molecule has 1 aromatic heterocycles. The van der Waals surface area contributed by atoms with E-state index in [2.05, 4.69) is 38.7 Å². The van der Waals surface area contributed by atoms with E-state index in [0.29, 0.717) is 4.88 Å². The van der Waals surface area contributed by atoms with Crippen molar-refractivity contribution >= 4 is 17.3 Å². The predicted molar refractivity (Wildman–Crippen MR) is 87.6 cm³/mol. The van der Waals surface area contributed by atoms with Gasteiger partial charge in [-0.3, -0.25) is 0 Å². The van der Waals surface area contributed by atoms with Crippen LogP contribution in [0.4, 0.5) is 0 Å². The minimum Gasteiger partial charge on any atom is -0.477 e. The van der Waals surface area contributed by atoms with Gasteiger partial charge in [0.25, 0.3) is 0 Å². The lowest BCUT2D eigenvalue weighted by molar-refractivity contribution is 0.0702. The van der Waals surface area contributed by atoms with Gasteiger partial charge in [0.15, 0.2) is 0 Å². The number of hydrogen-bond acceptors (Lipinski definition) is 2. The summed E-state index contributed by atoms with van der Waals surface area (Å²) in [4.78, 5) is 11.9. The fourth-order valence-electron chi connectivity index (χ4n) is 2.77. The zero-order chi connectivity index (χ0) is 15.5. The van der Waals surface area contributed by atoms with Gasteiger partial charge in [0.1, 0.15) is 4.88 Å². The first-order chi connectivity index (χ1) is 9.90. The Morgan fingerprint density at radius 3 is 2.81 bits per heavy atom. The summed E-state index contributed by atoms with van der Waals surface area (Å²) in [5.41, 5.74) is 3.06. The molecule has 1 aliphatic carbocycles. The van der Waals surface area contributed by atoms with E-state index >= 15 is 0 Å². The molecular weight excluding hydrogens is 280 g/mol. The molecule has 2 rings (SSSR count). The van der Waals surface area contributed by atoms with Crippen molar-refractivity contribution in [1.29, 1.82) is 0 Å². The first-order valence-electron chi connectivity index (χ1n) is 7.11. The number of carbonyl (C=O) groups is 1. The smallest absolute Gasteiger partial charge is 0.345 e. The van der Waals surface area contributed by atoms with E-state index in [0.717, 1.165) is 4.88 Å². The molecule has 1 aliphatic rings. The van der Waals surface area contributed by atoms with Crippen LogP contribution in [0.25, 0.3) is 0 Å². The van der Waals surface area contributed by atoms with Crippen LogP contribution in [0.2, 0.25) is 0 Å². The Morgan fingerprint density at radius 2 is 2.19 bits per heavy atom. The Balaban J connectivity index is 2.12. The van der Waals surface area contributed by atoms with Gasteiger partial charge < -0.3 is 5.11 Å². The van der Waals surface area contributed by atoms with Crippen LogP contribution in [0.3, 0.4) is 0 Å². The van der Waals surface area contributed by atoms with E-state index < -0.39 is 5.97 Å². The molecule has 1 heterocycles. The van der Waals surface area contributed by atoms with Crippen LogP contribution in [0, 0.1) is 17.3 Å². The third-order valence-corrected chi connectivity index (χ3v) is 4.88. The van der Waals surface area contributed by atoms with Gasteiger partial charge in [-0.15, -0.1) is 11.3 Å². The quantitative estimate of drug-likeness (QED) is 0.790. The standard InChI is InChI=1S/C18H20O2S/c1-13-7-6-12-18(2,3)15(13)9-5-4-8-14-10-11-16(21-14)17(19)20/h5,9-11H,6-7,12H2,1-3H3,(H,19,20). The third-order valence-electron chi connectivity index (χ3n) is 3.89. The van der Waals surface area contributed by atoms with Crippen molar-refractivity contribution in [2.75, 3.05) is 0 Å². The second-order valence-electron chi connectivity index (χ2n) is 6.00. The molecule has 1 aromatic rings. The first-order valence-corrected chi connectivity index (χ1v) is 7.93. The molecule has 0 amide bonds. The molecule has 0 spiro atoms. The van der Waals surface area contributed by atoms with E-state index in [1.54, 1.807) is 12.1 Å². The average molecular weight is 300 g/mol. The van der Waals surface area contributed by atoms with Crippen molar-refractivity contribution in [3.63, 3.8) is 0 Å². The van der Waals surface area contributed by atoms with Gasteiger partial charge >= 0.3 is 5.97 Å². The molecule has 0 saturated carbocycles. The summed E-state index contributed by atoms with van der Waals surface area (Å²) in [7, 11) is 0. The van der Waals surface area contributed by atoms with Gasteiger partial charge in [-0.05, 0) is 55.4 Å². The summed E-state index contributed by atoms with van der Waals surface area (Å²) in [5.74, 6) is 5.11. The van der Waals surface area contributed by atoms with Crippen LogP contribution in [-0.2, 0) is 0 Å². The summed E-state index contributed by atoms with van der Waals surface area (Å²) in [6, 6.07) is 3.35. The molecule has 0 unspecified atom stereocenters. The van der Waals surface area contributed by atoms with E-state index in [9.17, 15) is 4.79 Å². The molecule has 0 aliphatic heterocycles. The van der Waals surface area contributed by atoms with Crippen LogP contribution in [-0.4, -0.2) is 11.1 Å². The summed E-state index contributed by atoms with van der Waals surface area (Å²) < 4.78 is 0. The highest BCUT2D eigenvalue weighted by Crippen LogP contribution is 2.40. The largest absolute Gasteiger partial charge is 0.477 e. The van der Waals surface area contributed by atoms with Crippen LogP contribution in [0.5, 0.6) is 0 Å². The highest BCUT2D eigenvalue weighted by molar-refractivity contribution is 7.14. The highest BCUT2D eigenvalue weighted by Gasteiger charge is 2.26. The molecule has 21 heavy (non-hydrogen) atoms. The predicted octanol–water partition coefficient (Wildman–Crippen LogP) is 4.88. The van der Waals surface area contributed by atoms with Gasteiger partial charge in [-0.25, -0.2) is 4.79 Å². The molecule has 0 saturated heterocycles.